The molecule has 0 aromatic rings. The third-order valence-corrected chi connectivity index (χ3v) is 9.56. The Morgan fingerprint density at radius 3 is 2.00 bits per heavy atom. The van der Waals surface area contributed by atoms with Gasteiger partial charge in [-0.25, -0.2) is 0 Å². The second-order valence-corrected chi connectivity index (χ2v) is 11.9. The van der Waals surface area contributed by atoms with Crippen LogP contribution in [0.5, 0.6) is 0 Å². The Hall–Kier alpha value is 0.924. The summed E-state index contributed by atoms with van der Waals surface area (Å²) in [5.74, 6) is 0. The molecule has 0 spiro atoms. The van der Waals surface area contributed by atoms with Crippen molar-refractivity contribution in [1.82, 2.24) is 0 Å². The molecule has 13 heavy (non-hydrogen) atoms. The van der Waals surface area contributed by atoms with E-state index in [1.807, 2.05) is 13.1 Å². The first-order valence-electron chi connectivity index (χ1n) is 5.90. The van der Waals surface area contributed by atoms with Crippen LogP contribution < -0.4 is 0 Å². The zero-order valence-electron chi connectivity index (χ0n) is 11.6. The fourth-order valence-corrected chi connectivity index (χ4v) is 10.1. The molecule has 0 bridgehead atoms. The highest BCUT2D eigenvalue weighted by Gasteiger charge is 2.42. The van der Waals surface area contributed by atoms with Gasteiger partial charge in [0.15, 0.2) is 18.0 Å². The fourth-order valence-electron chi connectivity index (χ4n) is 0.731. The van der Waals surface area contributed by atoms with Crippen molar-refractivity contribution in [3.63, 3.8) is 0 Å². The Balaban J connectivity index is 4.77. The molecule has 0 atom stereocenters. The quantitative estimate of drug-likeness (QED) is 0.482. The van der Waals surface area contributed by atoms with Gasteiger partial charge in [0.25, 0.3) is 0 Å². The second kappa shape index (κ2) is 6.42. The predicted octanol–water partition coefficient (Wildman–Crippen LogP) is -1.98. The zero-order valence-corrected chi connectivity index (χ0v) is 14.6. The SMILES string of the molecule is [3H][SiH2]O[Si](O[SiH2][3H])(O[SiH](C)C)O[Si]([3H])(C)C. The third kappa shape index (κ3) is 5.38. The molecule has 0 fully saturated rings. The molecule has 0 heterocycles. The summed E-state index contributed by atoms with van der Waals surface area (Å²) in [5, 5.41) is 0. The summed E-state index contributed by atoms with van der Waals surface area (Å²) >= 11 is 0. The lowest BCUT2D eigenvalue weighted by Crippen LogP contribution is -2.53. The summed E-state index contributed by atoms with van der Waals surface area (Å²) in [6.07, 6.45) is 0. The Bertz CT molecular complexity index is 197. The second-order valence-electron chi connectivity index (χ2n) is 2.97. The first-order valence-corrected chi connectivity index (χ1v) is 12.0. The molecule has 0 N–H and O–H groups in total. The summed E-state index contributed by atoms with van der Waals surface area (Å²) in [6, 6.07) is 0. The standard InChI is InChI=1S/C4H20O4Si5/c1-11(2)7-13(5-9,6-10)8-12(3)4/h11-12H,1-4,9-10H3/i9T,10T,11T. The van der Waals surface area contributed by atoms with Gasteiger partial charge in [0.2, 0.25) is 0 Å². The minimum atomic E-state index is -3.31. The van der Waals surface area contributed by atoms with Crippen molar-refractivity contribution in [2.24, 2.45) is 0 Å². The molecule has 9 heteroatoms. The number of hydrogen-bond donors (Lipinski definition) is 0. The van der Waals surface area contributed by atoms with Gasteiger partial charge in [-0.1, -0.05) is 0 Å². The van der Waals surface area contributed by atoms with Crippen LogP contribution in [0, 0.1) is 0 Å². The molecule has 0 rings (SSSR count). The average molecular weight is 279 g/mol. The van der Waals surface area contributed by atoms with Crippen molar-refractivity contribution in [1.29, 1.82) is 3.70 Å². The van der Waals surface area contributed by atoms with E-state index in [2.05, 4.69) is 0 Å². The highest BCUT2D eigenvalue weighted by atomic mass is 28.5. The fraction of sp³-hybridized carbons (Fsp3) is 1.00. The van der Waals surface area contributed by atoms with Crippen LogP contribution in [0.3, 0.4) is 0 Å². The van der Waals surface area contributed by atoms with E-state index in [0.29, 0.717) is 0 Å². The van der Waals surface area contributed by atoms with Crippen molar-refractivity contribution in [3.05, 3.63) is 0 Å². The zero-order chi connectivity index (χ0) is 12.8. The van der Waals surface area contributed by atoms with Gasteiger partial charge in [0.1, 0.15) is 20.8 Å². The Labute approximate surface area is 94.6 Å². The molecular weight excluding hydrogens is 252 g/mol. The van der Waals surface area contributed by atoms with Gasteiger partial charge in [-0.15, -0.1) is 0 Å². The highest BCUT2D eigenvalue weighted by molar-refractivity contribution is 6.74. The maximum Gasteiger partial charge on any atom is 0.635 e. The van der Waals surface area contributed by atoms with E-state index >= 15 is 0 Å². The minimum Gasteiger partial charge on any atom is -0.404 e. The number of rotatable bonds is 8. The molecule has 0 saturated carbocycles. The van der Waals surface area contributed by atoms with Crippen molar-refractivity contribution in [2.45, 2.75) is 26.2 Å². The van der Waals surface area contributed by atoms with Crippen LogP contribution in [-0.4, -0.2) is 51.6 Å². The van der Waals surface area contributed by atoms with Gasteiger partial charge in [-0.05, 0) is 26.2 Å². The molecule has 0 aromatic carbocycles. The van der Waals surface area contributed by atoms with Crippen LogP contribution in [-0.2, 0) is 16.5 Å². The maximum atomic E-state index is 7.82. The lowest BCUT2D eigenvalue weighted by atomic mass is 11.9. The van der Waals surface area contributed by atoms with Crippen molar-refractivity contribution in [2.75, 3.05) is 0 Å². The van der Waals surface area contributed by atoms with Gasteiger partial charge in [0.05, 0.1) is 0 Å². The Morgan fingerprint density at radius 1 is 1.15 bits per heavy atom. The van der Waals surface area contributed by atoms with Crippen molar-refractivity contribution >= 4 is 47.9 Å². The molecule has 0 amide bonds. The number of hydrogen-bond acceptors (Lipinski definition) is 4. The highest BCUT2D eigenvalue weighted by Crippen LogP contribution is 2.11. The van der Waals surface area contributed by atoms with E-state index in [0.717, 1.165) is 0 Å². The van der Waals surface area contributed by atoms with Crippen LogP contribution in [0.1, 0.15) is 0 Å². The lowest BCUT2D eigenvalue weighted by Gasteiger charge is -2.30. The molecule has 0 aliphatic heterocycles. The summed E-state index contributed by atoms with van der Waals surface area (Å²) < 4.78 is 44.1. The summed E-state index contributed by atoms with van der Waals surface area (Å²) in [7, 11) is -10.3. The average Bonchev–Trinajstić information content (AvgIpc) is 1.98. The Morgan fingerprint density at radius 2 is 1.69 bits per heavy atom. The molecule has 4 nitrogen and oxygen atoms in total. The van der Waals surface area contributed by atoms with Crippen LogP contribution in [0.2, 0.25) is 26.2 Å². The first kappa shape index (κ1) is 9.17. The van der Waals surface area contributed by atoms with E-state index in [1.54, 1.807) is 13.1 Å². The predicted molar refractivity (Wildman–Crippen MR) is 67.7 cm³/mol. The summed E-state index contributed by atoms with van der Waals surface area (Å²) in [6.45, 7) is 7.30. The van der Waals surface area contributed by atoms with E-state index in [4.69, 9.17) is 20.2 Å². The largest absolute Gasteiger partial charge is 0.635 e. The molecule has 0 unspecified atom stereocenters. The third-order valence-electron chi connectivity index (χ3n) is 1.06. The molecule has 0 saturated heterocycles. The molecule has 0 aromatic heterocycles. The van der Waals surface area contributed by atoms with E-state index < -0.39 is 47.9 Å². The van der Waals surface area contributed by atoms with Crippen molar-refractivity contribution < 1.29 is 16.5 Å². The van der Waals surface area contributed by atoms with Gasteiger partial charge >= 0.3 is 9.05 Å². The van der Waals surface area contributed by atoms with Crippen LogP contribution in [0.25, 0.3) is 0 Å². The first-order chi connectivity index (χ1) is 7.24. The molecule has 80 valence electrons. The van der Waals surface area contributed by atoms with Gasteiger partial charge in [-0.3, -0.25) is 0 Å². The smallest absolute Gasteiger partial charge is 0.404 e. The monoisotopic (exact) mass is 278 g/mol. The summed E-state index contributed by atoms with van der Waals surface area (Å²) in [5.41, 5.74) is 0. The Kier molecular flexibility index (Phi) is 4.53. The van der Waals surface area contributed by atoms with E-state index in [-0.39, 0.29) is 0 Å². The molecule has 0 aliphatic rings. The van der Waals surface area contributed by atoms with Crippen molar-refractivity contribution in [3.8, 4) is 0 Å². The van der Waals surface area contributed by atoms with E-state index in [9.17, 15) is 0 Å². The van der Waals surface area contributed by atoms with Crippen LogP contribution >= 0.6 is 0 Å². The van der Waals surface area contributed by atoms with Crippen LogP contribution in [0.15, 0.2) is 0 Å². The molecule has 0 radical (unpaired) electrons. The van der Waals surface area contributed by atoms with Gasteiger partial charge < -0.3 is 16.5 Å². The lowest BCUT2D eigenvalue weighted by molar-refractivity contribution is 0.176. The molecular formula is C4H20O4Si5. The van der Waals surface area contributed by atoms with E-state index in [1.165, 1.54) is 0 Å². The summed E-state index contributed by atoms with van der Waals surface area (Å²) in [4.78, 5) is 0. The topological polar surface area (TPSA) is 36.9 Å². The maximum absolute atomic E-state index is 7.82. The molecule has 0 aliphatic carbocycles. The van der Waals surface area contributed by atoms with Crippen LogP contribution in [0.4, 0.5) is 0 Å². The normalized spacial score (nSPS) is 22.4. The van der Waals surface area contributed by atoms with Gasteiger partial charge in [-0.2, -0.15) is 0 Å². The minimum absolute atomic E-state index is 1.44. The van der Waals surface area contributed by atoms with Gasteiger partial charge in [0, 0.05) is 3.70 Å².